The van der Waals surface area contributed by atoms with Gasteiger partial charge in [0.1, 0.15) is 0 Å². The minimum atomic E-state index is 0.220. The molecule has 0 aliphatic carbocycles. The summed E-state index contributed by atoms with van der Waals surface area (Å²) in [4.78, 5) is 16.3. The molecule has 0 amide bonds. The fraction of sp³-hybridized carbons (Fsp3) is 0.333. The highest BCUT2D eigenvalue weighted by molar-refractivity contribution is 6.07. The lowest BCUT2D eigenvalue weighted by Crippen LogP contribution is -2.06. The average Bonchev–Trinajstić information content (AvgIpc) is 2.37. The van der Waals surface area contributed by atoms with Crippen LogP contribution in [0.3, 0.4) is 0 Å². The Labute approximate surface area is 102 Å². The van der Waals surface area contributed by atoms with Crippen LogP contribution >= 0.6 is 0 Å². The molecule has 0 saturated heterocycles. The Hall–Kier alpha value is -1.70. The van der Waals surface area contributed by atoms with Crippen LogP contribution in [0.25, 0.3) is 10.8 Å². The number of pyridine rings is 1. The third-order valence-corrected chi connectivity index (χ3v) is 3.21. The van der Waals surface area contributed by atoms with Gasteiger partial charge in [-0.3, -0.25) is 9.78 Å². The van der Waals surface area contributed by atoms with Crippen molar-refractivity contribution < 1.29 is 4.79 Å². The van der Waals surface area contributed by atoms with Crippen LogP contribution in [0.4, 0.5) is 0 Å². The molecule has 0 radical (unpaired) electrons. The molecule has 1 aromatic carbocycles. The molecule has 0 aliphatic rings. The number of carbonyl (C=O) groups excluding carboxylic acids is 1. The van der Waals surface area contributed by atoms with E-state index in [1.54, 1.807) is 12.4 Å². The molecule has 1 aromatic heterocycles. The molecule has 0 saturated carbocycles. The summed E-state index contributed by atoms with van der Waals surface area (Å²) < 4.78 is 0. The molecular formula is C15H17NO. The van der Waals surface area contributed by atoms with Gasteiger partial charge in [0, 0.05) is 29.8 Å². The first kappa shape index (κ1) is 11.8. The Morgan fingerprint density at radius 2 is 2.18 bits per heavy atom. The molecule has 1 atom stereocenters. The molecule has 2 nitrogen and oxygen atoms in total. The van der Waals surface area contributed by atoms with Crippen molar-refractivity contribution in [3.05, 3.63) is 42.2 Å². The number of rotatable bonds is 4. The molecule has 0 fully saturated rings. The van der Waals surface area contributed by atoms with Crippen LogP contribution in [0.2, 0.25) is 0 Å². The maximum absolute atomic E-state index is 12.2. The van der Waals surface area contributed by atoms with Crippen molar-refractivity contribution in [3.63, 3.8) is 0 Å². The molecule has 1 unspecified atom stereocenters. The van der Waals surface area contributed by atoms with Gasteiger partial charge < -0.3 is 0 Å². The lowest BCUT2D eigenvalue weighted by Gasteiger charge is -2.09. The van der Waals surface area contributed by atoms with Crippen molar-refractivity contribution in [3.8, 4) is 0 Å². The first-order chi connectivity index (χ1) is 8.22. The molecule has 88 valence electrons. The predicted octanol–water partition coefficient (Wildman–Crippen LogP) is 3.85. The van der Waals surface area contributed by atoms with Crippen LogP contribution in [0.1, 0.15) is 37.0 Å². The van der Waals surface area contributed by atoms with Crippen LogP contribution in [0, 0.1) is 5.92 Å². The van der Waals surface area contributed by atoms with Crippen molar-refractivity contribution in [2.75, 3.05) is 0 Å². The van der Waals surface area contributed by atoms with E-state index >= 15 is 0 Å². The van der Waals surface area contributed by atoms with E-state index in [-0.39, 0.29) is 5.78 Å². The monoisotopic (exact) mass is 227 g/mol. The van der Waals surface area contributed by atoms with E-state index in [2.05, 4.69) is 18.8 Å². The first-order valence-corrected chi connectivity index (χ1v) is 6.08. The highest BCUT2D eigenvalue weighted by atomic mass is 16.1. The number of hydrogen-bond donors (Lipinski definition) is 0. The van der Waals surface area contributed by atoms with E-state index in [4.69, 9.17) is 0 Å². The standard InChI is InChI=1S/C15H17NO/c1-3-11(2)9-15(17)13-6-4-5-12-7-8-16-10-14(12)13/h4-8,10-11H,3,9H2,1-2H3. The number of nitrogens with zero attached hydrogens (tertiary/aromatic N) is 1. The van der Waals surface area contributed by atoms with Crippen LogP contribution in [-0.4, -0.2) is 10.8 Å². The maximum atomic E-state index is 12.2. The second kappa shape index (κ2) is 5.09. The van der Waals surface area contributed by atoms with Gasteiger partial charge in [0.15, 0.2) is 5.78 Å². The maximum Gasteiger partial charge on any atom is 0.163 e. The number of hydrogen-bond acceptors (Lipinski definition) is 2. The Balaban J connectivity index is 2.38. The smallest absolute Gasteiger partial charge is 0.163 e. The van der Waals surface area contributed by atoms with Crippen LogP contribution in [-0.2, 0) is 0 Å². The summed E-state index contributed by atoms with van der Waals surface area (Å²) in [5.41, 5.74) is 0.802. The molecule has 2 aromatic rings. The van der Waals surface area contributed by atoms with Gasteiger partial charge >= 0.3 is 0 Å². The number of ketones is 1. The fourth-order valence-electron chi connectivity index (χ4n) is 1.93. The zero-order valence-electron chi connectivity index (χ0n) is 10.3. The van der Waals surface area contributed by atoms with Crippen molar-refractivity contribution in [1.29, 1.82) is 0 Å². The Bertz CT molecular complexity index is 528. The average molecular weight is 227 g/mol. The van der Waals surface area contributed by atoms with Crippen LogP contribution < -0.4 is 0 Å². The Morgan fingerprint density at radius 3 is 2.94 bits per heavy atom. The number of benzene rings is 1. The Morgan fingerprint density at radius 1 is 1.35 bits per heavy atom. The third-order valence-electron chi connectivity index (χ3n) is 3.21. The molecule has 2 rings (SSSR count). The van der Waals surface area contributed by atoms with Crippen LogP contribution in [0.5, 0.6) is 0 Å². The summed E-state index contributed by atoms with van der Waals surface area (Å²) >= 11 is 0. The van der Waals surface area contributed by atoms with Crippen molar-refractivity contribution in [1.82, 2.24) is 4.98 Å². The highest BCUT2D eigenvalue weighted by Gasteiger charge is 2.12. The quantitative estimate of drug-likeness (QED) is 0.742. The number of aromatic nitrogens is 1. The Kier molecular flexibility index (Phi) is 3.52. The summed E-state index contributed by atoms with van der Waals surface area (Å²) in [6, 6.07) is 7.79. The number of fused-ring (bicyclic) bond motifs is 1. The zero-order valence-corrected chi connectivity index (χ0v) is 10.3. The van der Waals surface area contributed by atoms with Crippen LogP contribution in [0.15, 0.2) is 36.7 Å². The van der Waals surface area contributed by atoms with Gasteiger partial charge in [0.2, 0.25) is 0 Å². The normalized spacial score (nSPS) is 12.6. The summed E-state index contributed by atoms with van der Waals surface area (Å²) in [6.07, 6.45) is 5.18. The largest absolute Gasteiger partial charge is 0.294 e. The van der Waals surface area contributed by atoms with Gasteiger partial charge in [0.05, 0.1) is 0 Å². The second-order valence-corrected chi connectivity index (χ2v) is 4.54. The van der Waals surface area contributed by atoms with E-state index in [1.165, 1.54) is 0 Å². The summed E-state index contributed by atoms with van der Waals surface area (Å²) in [5.74, 6) is 0.660. The van der Waals surface area contributed by atoms with Crippen molar-refractivity contribution in [2.45, 2.75) is 26.7 Å². The van der Waals surface area contributed by atoms with E-state index in [9.17, 15) is 4.79 Å². The SMILES string of the molecule is CCC(C)CC(=O)c1cccc2ccncc12. The molecular weight excluding hydrogens is 210 g/mol. The lowest BCUT2D eigenvalue weighted by molar-refractivity contribution is 0.0965. The van der Waals surface area contributed by atoms with E-state index < -0.39 is 0 Å². The zero-order chi connectivity index (χ0) is 12.3. The first-order valence-electron chi connectivity index (χ1n) is 6.08. The van der Waals surface area contributed by atoms with Gasteiger partial charge in [-0.1, -0.05) is 38.5 Å². The molecule has 1 heterocycles. The molecule has 2 heteroatoms. The van der Waals surface area contributed by atoms with Gasteiger partial charge in [-0.25, -0.2) is 0 Å². The molecule has 17 heavy (non-hydrogen) atoms. The number of carbonyl (C=O) groups is 1. The topological polar surface area (TPSA) is 30.0 Å². The van der Waals surface area contributed by atoms with E-state index in [1.807, 2.05) is 24.3 Å². The lowest BCUT2D eigenvalue weighted by atomic mass is 9.95. The van der Waals surface area contributed by atoms with Gasteiger partial charge in [0.25, 0.3) is 0 Å². The van der Waals surface area contributed by atoms with E-state index in [0.29, 0.717) is 12.3 Å². The van der Waals surface area contributed by atoms with Gasteiger partial charge in [-0.2, -0.15) is 0 Å². The molecule has 0 spiro atoms. The number of Topliss-reactive ketones (excluding diaryl/α,β-unsaturated/α-hetero) is 1. The second-order valence-electron chi connectivity index (χ2n) is 4.54. The van der Waals surface area contributed by atoms with Gasteiger partial charge in [-0.05, 0) is 17.4 Å². The van der Waals surface area contributed by atoms with Crippen molar-refractivity contribution >= 4 is 16.6 Å². The fourth-order valence-corrected chi connectivity index (χ4v) is 1.93. The minimum Gasteiger partial charge on any atom is -0.294 e. The summed E-state index contributed by atoms with van der Waals surface area (Å²) in [7, 11) is 0. The summed E-state index contributed by atoms with van der Waals surface area (Å²) in [5, 5.41) is 2.04. The predicted molar refractivity (Wildman–Crippen MR) is 70.1 cm³/mol. The molecule has 0 N–H and O–H groups in total. The third kappa shape index (κ3) is 2.52. The summed E-state index contributed by atoms with van der Waals surface area (Å²) in [6.45, 7) is 4.23. The van der Waals surface area contributed by atoms with Gasteiger partial charge in [-0.15, -0.1) is 0 Å². The molecule has 0 aliphatic heterocycles. The minimum absolute atomic E-state index is 0.220. The molecule has 0 bridgehead atoms. The van der Waals surface area contributed by atoms with E-state index in [0.717, 1.165) is 22.8 Å². The van der Waals surface area contributed by atoms with Crippen molar-refractivity contribution in [2.24, 2.45) is 5.92 Å². The highest BCUT2D eigenvalue weighted by Crippen LogP contribution is 2.20.